The van der Waals surface area contributed by atoms with Crippen LogP contribution in [0, 0.1) is 10.1 Å². The van der Waals surface area contributed by atoms with Crippen molar-refractivity contribution >= 4 is 35.1 Å². The predicted octanol–water partition coefficient (Wildman–Crippen LogP) is 3.62. The fourth-order valence-corrected chi connectivity index (χ4v) is 2.93. The molecule has 0 saturated carbocycles. The Morgan fingerprint density at radius 3 is 2.47 bits per heavy atom. The Hall–Kier alpha value is -1.66. The Bertz CT molecular complexity index is 548. The molecule has 0 fully saturated rings. The molecule has 1 heterocycles. The normalized spacial score (nSPS) is 10.1. The van der Waals surface area contributed by atoms with E-state index in [4.69, 9.17) is 0 Å². The van der Waals surface area contributed by atoms with E-state index >= 15 is 0 Å². The highest BCUT2D eigenvalue weighted by molar-refractivity contribution is 7.99. The third kappa shape index (κ3) is 2.92. The highest BCUT2D eigenvalue weighted by Crippen LogP contribution is 2.31. The summed E-state index contributed by atoms with van der Waals surface area (Å²) in [5.41, 5.74) is 0.0771. The fraction of sp³-hybridized carbons (Fsp3) is 0. The van der Waals surface area contributed by atoms with Crippen molar-refractivity contribution in [3.8, 4) is 0 Å². The molecule has 0 atom stereocenters. The maximum absolute atomic E-state index is 10.5. The maximum Gasteiger partial charge on any atom is 0.269 e. The van der Waals surface area contributed by atoms with Crippen LogP contribution in [0.25, 0.3) is 0 Å². The molecule has 17 heavy (non-hydrogen) atoms. The minimum Gasteiger partial charge on any atom is -0.297 e. The summed E-state index contributed by atoms with van der Waals surface area (Å²) in [7, 11) is 0. The Balaban J connectivity index is 2.13. The number of nitro groups is 1. The summed E-state index contributed by atoms with van der Waals surface area (Å²) < 4.78 is 0. The molecule has 0 spiro atoms. The van der Waals surface area contributed by atoms with Crippen molar-refractivity contribution in [2.75, 3.05) is 0 Å². The monoisotopic (exact) mass is 265 g/mol. The Morgan fingerprint density at radius 2 is 1.94 bits per heavy atom. The van der Waals surface area contributed by atoms with Gasteiger partial charge >= 0.3 is 0 Å². The number of benzene rings is 1. The minimum absolute atomic E-state index is 0.0771. The van der Waals surface area contributed by atoms with E-state index in [1.54, 1.807) is 18.2 Å². The maximum atomic E-state index is 10.5. The number of nitro benzene ring substituents is 1. The molecule has 0 saturated heterocycles. The predicted molar refractivity (Wildman–Crippen MR) is 66.9 cm³/mol. The zero-order valence-electron chi connectivity index (χ0n) is 8.53. The number of carbonyl (C=O) groups excluding carboxylic acids is 1. The number of thiophene rings is 1. The van der Waals surface area contributed by atoms with Crippen molar-refractivity contribution in [1.29, 1.82) is 0 Å². The lowest BCUT2D eigenvalue weighted by atomic mass is 10.3. The molecule has 0 unspecified atom stereocenters. The topological polar surface area (TPSA) is 60.2 Å². The summed E-state index contributed by atoms with van der Waals surface area (Å²) in [4.78, 5) is 23.1. The lowest BCUT2D eigenvalue weighted by Gasteiger charge is -1.97. The zero-order valence-corrected chi connectivity index (χ0v) is 10.2. The van der Waals surface area contributed by atoms with Gasteiger partial charge < -0.3 is 0 Å². The van der Waals surface area contributed by atoms with Crippen LogP contribution in [-0.4, -0.2) is 11.2 Å². The number of hydrogen-bond donors (Lipinski definition) is 0. The molecular weight excluding hydrogens is 258 g/mol. The summed E-state index contributed by atoms with van der Waals surface area (Å²) in [6.45, 7) is 0. The summed E-state index contributed by atoms with van der Waals surface area (Å²) in [5, 5.41) is 12.4. The van der Waals surface area contributed by atoms with Crippen molar-refractivity contribution in [2.24, 2.45) is 0 Å². The fourth-order valence-electron chi connectivity index (χ4n) is 1.22. The molecule has 1 aromatic heterocycles. The van der Waals surface area contributed by atoms with E-state index in [9.17, 15) is 14.9 Å². The molecule has 0 radical (unpaired) electrons. The third-order valence-electron chi connectivity index (χ3n) is 2.00. The van der Waals surface area contributed by atoms with Gasteiger partial charge in [0, 0.05) is 27.3 Å². The molecule has 2 rings (SSSR count). The molecule has 86 valence electrons. The van der Waals surface area contributed by atoms with Gasteiger partial charge in [-0.3, -0.25) is 14.9 Å². The van der Waals surface area contributed by atoms with E-state index in [0.29, 0.717) is 4.88 Å². The van der Waals surface area contributed by atoms with E-state index in [2.05, 4.69) is 0 Å². The minimum atomic E-state index is -0.427. The van der Waals surface area contributed by atoms with Crippen LogP contribution in [0.3, 0.4) is 0 Å². The largest absolute Gasteiger partial charge is 0.297 e. The number of non-ortho nitro benzene ring substituents is 1. The summed E-state index contributed by atoms with van der Waals surface area (Å²) in [6.07, 6.45) is 0.810. The number of carbonyl (C=O) groups is 1. The first-order valence-electron chi connectivity index (χ1n) is 4.65. The van der Waals surface area contributed by atoms with E-state index < -0.39 is 4.92 Å². The Labute approximate surface area is 105 Å². The molecule has 0 N–H and O–H groups in total. The van der Waals surface area contributed by atoms with Gasteiger partial charge in [-0.25, -0.2) is 0 Å². The van der Waals surface area contributed by atoms with Gasteiger partial charge in [0.2, 0.25) is 0 Å². The van der Waals surface area contributed by atoms with Gasteiger partial charge in [0.05, 0.1) is 9.80 Å². The van der Waals surface area contributed by atoms with E-state index in [0.717, 1.165) is 16.1 Å². The SMILES string of the molecule is O=Cc1cc(Sc2ccc([N+](=O)[O-])cc2)cs1. The van der Waals surface area contributed by atoms with Crippen LogP contribution >= 0.6 is 23.1 Å². The first kappa shape index (κ1) is 11.8. The van der Waals surface area contributed by atoms with E-state index in [1.165, 1.54) is 35.2 Å². The van der Waals surface area contributed by atoms with Crippen LogP contribution in [-0.2, 0) is 0 Å². The smallest absolute Gasteiger partial charge is 0.269 e. The van der Waals surface area contributed by atoms with Gasteiger partial charge in [-0.2, -0.15) is 0 Å². The van der Waals surface area contributed by atoms with Crippen LogP contribution in [0.15, 0.2) is 45.5 Å². The number of rotatable bonds is 4. The summed E-state index contributed by atoms with van der Waals surface area (Å²) in [6, 6.07) is 8.12. The Morgan fingerprint density at radius 1 is 1.24 bits per heavy atom. The van der Waals surface area contributed by atoms with Crippen LogP contribution in [0.5, 0.6) is 0 Å². The molecule has 6 heteroatoms. The molecule has 0 aliphatic heterocycles. The molecule has 1 aromatic carbocycles. The van der Waals surface area contributed by atoms with Gasteiger partial charge in [-0.15, -0.1) is 11.3 Å². The first-order valence-corrected chi connectivity index (χ1v) is 6.34. The molecule has 0 bridgehead atoms. The average molecular weight is 265 g/mol. The highest BCUT2D eigenvalue weighted by atomic mass is 32.2. The summed E-state index contributed by atoms with van der Waals surface area (Å²) in [5.74, 6) is 0. The van der Waals surface area contributed by atoms with Crippen molar-refractivity contribution in [3.05, 3.63) is 50.7 Å². The van der Waals surface area contributed by atoms with Gasteiger partial charge in [-0.1, -0.05) is 11.8 Å². The van der Waals surface area contributed by atoms with Gasteiger partial charge in [-0.05, 0) is 18.2 Å². The zero-order chi connectivity index (χ0) is 12.3. The third-order valence-corrected chi connectivity index (χ3v) is 3.98. The highest BCUT2D eigenvalue weighted by Gasteiger charge is 2.05. The van der Waals surface area contributed by atoms with Crippen molar-refractivity contribution < 1.29 is 9.72 Å². The van der Waals surface area contributed by atoms with Gasteiger partial charge in [0.1, 0.15) is 0 Å². The van der Waals surface area contributed by atoms with Crippen LogP contribution in [0.2, 0.25) is 0 Å². The quantitative estimate of drug-likeness (QED) is 0.481. The molecule has 0 aliphatic carbocycles. The van der Waals surface area contributed by atoms with Crippen LogP contribution < -0.4 is 0 Å². The van der Waals surface area contributed by atoms with Gasteiger partial charge in [0.25, 0.3) is 5.69 Å². The summed E-state index contributed by atoms with van der Waals surface area (Å²) >= 11 is 2.85. The first-order chi connectivity index (χ1) is 8.19. The Kier molecular flexibility index (Phi) is 3.55. The van der Waals surface area contributed by atoms with E-state index in [1.807, 2.05) is 5.38 Å². The molecular formula is C11H7NO3S2. The van der Waals surface area contributed by atoms with Crippen LogP contribution in [0.1, 0.15) is 9.67 Å². The van der Waals surface area contributed by atoms with Crippen LogP contribution in [0.4, 0.5) is 5.69 Å². The van der Waals surface area contributed by atoms with Gasteiger partial charge in [0.15, 0.2) is 6.29 Å². The number of nitrogens with zero attached hydrogens (tertiary/aromatic N) is 1. The second kappa shape index (κ2) is 5.11. The molecule has 0 aliphatic rings. The average Bonchev–Trinajstić information content (AvgIpc) is 2.77. The standard InChI is InChI=1S/C11H7NO3S2/c13-6-10-5-11(7-16-10)17-9-3-1-8(2-4-9)12(14)15/h1-7H. The lowest BCUT2D eigenvalue weighted by Crippen LogP contribution is -1.86. The number of hydrogen-bond acceptors (Lipinski definition) is 5. The lowest BCUT2D eigenvalue weighted by molar-refractivity contribution is -0.384. The van der Waals surface area contributed by atoms with Crippen molar-refractivity contribution in [1.82, 2.24) is 0 Å². The second-order valence-electron chi connectivity index (χ2n) is 3.16. The van der Waals surface area contributed by atoms with E-state index in [-0.39, 0.29) is 5.69 Å². The number of aldehydes is 1. The molecule has 2 aromatic rings. The van der Waals surface area contributed by atoms with Crippen molar-refractivity contribution in [2.45, 2.75) is 9.79 Å². The molecule has 0 amide bonds. The second-order valence-corrected chi connectivity index (χ2v) is 5.25. The molecule has 4 nitrogen and oxygen atoms in total. The van der Waals surface area contributed by atoms with Crippen molar-refractivity contribution in [3.63, 3.8) is 0 Å².